The molecule has 0 unspecified atom stereocenters. The first-order valence-electron chi connectivity index (χ1n) is 9.85. The first-order chi connectivity index (χ1) is 15.4. The van der Waals surface area contributed by atoms with Crippen LogP contribution in [-0.4, -0.2) is 45.5 Å². The van der Waals surface area contributed by atoms with Crippen molar-refractivity contribution in [2.75, 3.05) is 24.3 Å². The van der Waals surface area contributed by atoms with Crippen LogP contribution in [0.2, 0.25) is 0 Å². The molecule has 4 rings (SSSR count). The van der Waals surface area contributed by atoms with Gasteiger partial charge in [-0.15, -0.1) is 0 Å². The zero-order valence-electron chi connectivity index (χ0n) is 17.9. The van der Waals surface area contributed by atoms with Gasteiger partial charge in [-0.05, 0) is 31.9 Å². The predicted octanol–water partition coefficient (Wildman–Crippen LogP) is 3.16. The van der Waals surface area contributed by atoms with Gasteiger partial charge in [0.05, 0.1) is 19.0 Å². The zero-order valence-corrected chi connectivity index (χ0v) is 18.7. The highest BCUT2D eigenvalue weighted by Crippen LogP contribution is 2.29. The van der Waals surface area contributed by atoms with E-state index in [-0.39, 0.29) is 17.6 Å². The van der Waals surface area contributed by atoms with Crippen molar-refractivity contribution >= 4 is 39.8 Å². The normalized spacial score (nSPS) is 12.4. The molecule has 4 N–H and O–H groups in total. The largest absolute Gasteiger partial charge is 0.506 e. The number of benzene rings is 1. The van der Waals surface area contributed by atoms with Gasteiger partial charge in [0, 0.05) is 19.0 Å². The van der Waals surface area contributed by atoms with E-state index in [0.717, 1.165) is 24.9 Å². The van der Waals surface area contributed by atoms with Gasteiger partial charge >= 0.3 is 0 Å². The fourth-order valence-corrected chi connectivity index (χ4v) is 3.53. The van der Waals surface area contributed by atoms with Crippen LogP contribution in [0.4, 0.5) is 16.6 Å². The van der Waals surface area contributed by atoms with E-state index in [0.29, 0.717) is 33.2 Å². The summed E-state index contributed by atoms with van der Waals surface area (Å²) in [5.41, 5.74) is 1.15. The fourth-order valence-electron chi connectivity index (χ4n) is 2.81. The molecule has 0 bridgehead atoms. The molecule has 168 valence electrons. The first kappa shape index (κ1) is 22.9. The quantitative estimate of drug-likeness (QED) is 0.430. The topological polar surface area (TPSA) is 138 Å². The number of hydrogen-bond donors (Lipinski definition) is 4. The molecule has 0 radical (unpaired) electrons. The average molecular weight is 457 g/mol. The molecule has 3 heterocycles. The molecule has 0 saturated carbocycles. The van der Waals surface area contributed by atoms with Crippen molar-refractivity contribution in [1.82, 2.24) is 20.3 Å². The third kappa shape index (κ3) is 6.14. The first-order valence-corrected chi connectivity index (χ1v) is 10.7. The average Bonchev–Trinajstić information content (AvgIpc) is 3.42. The maximum atomic E-state index is 12.4. The molecule has 0 aliphatic carbocycles. The van der Waals surface area contributed by atoms with E-state index in [1.165, 1.54) is 30.7 Å². The number of nitrogens with one attached hydrogen (secondary N) is 3. The van der Waals surface area contributed by atoms with Crippen molar-refractivity contribution in [1.29, 1.82) is 0 Å². The molecule has 1 saturated heterocycles. The molecule has 2 amide bonds. The highest BCUT2D eigenvalue weighted by atomic mass is 32.1. The molecular formula is C21H24N6O4S. The van der Waals surface area contributed by atoms with Crippen molar-refractivity contribution in [3.8, 4) is 11.6 Å². The number of rotatable bonds is 5. The third-order valence-corrected chi connectivity index (χ3v) is 5.29. The van der Waals surface area contributed by atoms with Gasteiger partial charge in [-0.25, -0.2) is 9.97 Å². The van der Waals surface area contributed by atoms with E-state index in [1.54, 1.807) is 32.0 Å². The Kier molecular flexibility index (Phi) is 7.55. The van der Waals surface area contributed by atoms with Crippen LogP contribution in [0.15, 0.2) is 30.5 Å². The van der Waals surface area contributed by atoms with Crippen LogP contribution in [0.5, 0.6) is 11.6 Å². The number of ether oxygens (including phenoxy) is 1. The van der Waals surface area contributed by atoms with Crippen molar-refractivity contribution < 1.29 is 19.4 Å². The number of phenolic OH excluding ortho intramolecular Hbond substituents is 1. The number of phenols is 1. The van der Waals surface area contributed by atoms with Gasteiger partial charge in [0.25, 0.3) is 5.91 Å². The number of thiazole rings is 1. The Morgan fingerprint density at radius 2 is 2.09 bits per heavy atom. The van der Waals surface area contributed by atoms with Gasteiger partial charge in [0.15, 0.2) is 5.13 Å². The molecule has 3 aromatic rings. The monoisotopic (exact) mass is 456 g/mol. The molecular weight excluding hydrogens is 432 g/mol. The summed E-state index contributed by atoms with van der Waals surface area (Å²) in [6, 6.07) is 6.68. The number of aromatic hydroxyl groups is 1. The summed E-state index contributed by atoms with van der Waals surface area (Å²) in [5.74, 6) is 1.38. The Labute approximate surface area is 189 Å². The number of para-hydroxylation sites is 1. The Hall–Kier alpha value is -3.73. The number of methoxy groups -OCH3 is 1. The molecule has 0 spiro atoms. The van der Waals surface area contributed by atoms with Crippen LogP contribution in [0, 0.1) is 13.8 Å². The second kappa shape index (κ2) is 10.5. The molecule has 11 heteroatoms. The Morgan fingerprint density at radius 3 is 2.72 bits per heavy atom. The lowest BCUT2D eigenvalue weighted by Crippen LogP contribution is -2.12. The second-order valence-electron chi connectivity index (χ2n) is 6.87. The number of nitrogens with zero attached hydrogens (tertiary/aromatic N) is 3. The summed E-state index contributed by atoms with van der Waals surface area (Å²) in [7, 11) is 1.53. The SMILES string of the molecule is COc1cc(Nc2ncc(C(=O)Nc3c(C)cccc3O)s2)nc(C)n1.O=C1CCCN1. The minimum Gasteiger partial charge on any atom is -0.506 e. The maximum absolute atomic E-state index is 12.4. The molecule has 2 aromatic heterocycles. The summed E-state index contributed by atoms with van der Waals surface area (Å²) in [4.78, 5) is 35.5. The standard InChI is InChI=1S/C17H17N5O3S.C4H7NO/c1-9-5-4-6-11(23)15(9)22-16(24)12-8-18-17(26-12)21-13-7-14(25-3)20-10(2)19-13;6-4-2-1-3-5-4/h4-8,23H,1-3H3,(H,22,24)(H,18,19,20,21);1-3H2,(H,5,6). The summed E-state index contributed by atoms with van der Waals surface area (Å²) in [6.07, 6.45) is 3.22. The van der Waals surface area contributed by atoms with E-state index in [4.69, 9.17) is 4.74 Å². The number of amides is 2. The number of aryl methyl sites for hydroxylation is 2. The lowest BCUT2D eigenvalue weighted by atomic mass is 10.2. The minimum absolute atomic E-state index is 0.0183. The van der Waals surface area contributed by atoms with Crippen molar-refractivity contribution in [3.63, 3.8) is 0 Å². The molecule has 1 aliphatic heterocycles. The molecule has 32 heavy (non-hydrogen) atoms. The molecule has 1 aromatic carbocycles. The highest BCUT2D eigenvalue weighted by Gasteiger charge is 2.15. The minimum atomic E-state index is -0.350. The third-order valence-electron chi connectivity index (χ3n) is 4.38. The highest BCUT2D eigenvalue weighted by molar-refractivity contribution is 7.17. The Bertz CT molecular complexity index is 1090. The zero-order chi connectivity index (χ0) is 23.1. The lowest BCUT2D eigenvalue weighted by Gasteiger charge is -2.08. The van der Waals surface area contributed by atoms with Crippen LogP contribution in [-0.2, 0) is 4.79 Å². The van der Waals surface area contributed by atoms with E-state index < -0.39 is 0 Å². The molecule has 1 aliphatic rings. The number of hydrogen-bond acceptors (Lipinski definition) is 9. The maximum Gasteiger partial charge on any atom is 0.267 e. The van der Waals surface area contributed by atoms with Gasteiger partial charge in [-0.1, -0.05) is 23.5 Å². The van der Waals surface area contributed by atoms with Crippen LogP contribution in [0.25, 0.3) is 0 Å². The van der Waals surface area contributed by atoms with E-state index in [9.17, 15) is 14.7 Å². The number of carbonyl (C=O) groups is 2. The molecule has 1 fully saturated rings. The van der Waals surface area contributed by atoms with E-state index in [2.05, 4.69) is 30.9 Å². The molecule has 0 atom stereocenters. The predicted molar refractivity (Wildman–Crippen MR) is 122 cm³/mol. The second-order valence-corrected chi connectivity index (χ2v) is 7.90. The summed E-state index contributed by atoms with van der Waals surface area (Å²) in [5, 5.41) is 18.8. The van der Waals surface area contributed by atoms with E-state index in [1.807, 2.05) is 0 Å². The van der Waals surface area contributed by atoms with Gasteiger partial charge in [0.2, 0.25) is 11.8 Å². The number of anilines is 3. The van der Waals surface area contributed by atoms with Crippen LogP contribution < -0.4 is 20.7 Å². The summed E-state index contributed by atoms with van der Waals surface area (Å²) >= 11 is 1.17. The van der Waals surface area contributed by atoms with Crippen LogP contribution in [0.1, 0.15) is 33.9 Å². The van der Waals surface area contributed by atoms with Crippen molar-refractivity contribution in [3.05, 3.63) is 46.7 Å². The van der Waals surface area contributed by atoms with E-state index >= 15 is 0 Å². The van der Waals surface area contributed by atoms with Crippen LogP contribution >= 0.6 is 11.3 Å². The smallest absolute Gasteiger partial charge is 0.267 e. The number of carbonyl (C=O) groups excluding carboxylic acids is 2. The number of aromatic nitrogens is 3. The Balaban J connectivity index is 0.000000416. The lowest BCUT2D eigenvalue weighted by molar-refractivity contribution is -0.119. The van der Waals surface area contributed by atoms with Gasteiger partial charge in [-0.3, -0.25) is 9.59 Å². The summed E-state index contributed by atoms with van der Waals surface area (Å²) in [6.45, 7) is 4.45. The summed E-state index contributed by atoms with van der Waals surface area (Å²) < 4.78 is 5.11. The molecule has 10 nitrogen and oxygen atoms in total. The van der Waals surface area contributed by atoms with Crippen molar-refractivity contribution in [2.45, 2.75) is 26.7 Å². The fraction of sp³-hybridized carbons (Fsp3) is 0.286. The van der Waals surface area contributed by atoms with Gasteiger partial charge < -0.3 is 25.8 Å². The Morgan fingerprint density at radius 1 is 1.28 bits per heavy atom. The van der Waals surface area contributed by atoms with Crippen molar-refractivity contribution in [2.24, 2.45) is 0 Å². The van der Waals surface area contributed by atoms with Gasteiger partial charge in [0.1, 0.15) is 22.3 Å². The van der Waals surface area contributed by atoms with Gasteiger partial charge in [-0.2, -0.15) is 4.98 Å². The van der Waals surface area contributed by atoms with Crippen LogP contribution in [0.3, 0.4) is 0 Å².